The highest BCUT2D eigenvalue weighted by molar-refractivity contribution is 7.91. The van der Waals surface area contributed by atoms with Gasteiger partial charge in [0, 0.05) is 0 Å². The molecule has 1 fully saturated rings. The zero-order valence-corrected chi connectivity index (χ0v) is 9.62. The van der Waals surface area contributed by atoms with Crippen molar-refractivity contribution in [3.05, 3.63) is 29.8 Å². The van der Waals surface area contributed by atoms with Crippen LogP contribution in [0.4, 0.5) is 0 Å². The van der Waals surface area contributed by atoms with E-state index >= 15 is 0 Å². The monoisotopic (exact) mass is 226 g/mol. The maximum Gasteiger partial charge on any atom is 0.178 e. The molecule has 1 aromatic rings. The second-order valence-corrected chi connectivity index (χ2v) is 6.01. The molecule has 0 radical (unpaired) electrons. The van der Waals surface area contributed by atoms with Gasteiger partial charge >= 0.3 is 0 Å². The molecule has 1 aliphatic heterocycles. The summed E-state index contributed by atoms with van der Waals surface area (Å²) in [6.07, 6.45) is 0.419. The molecule has 0 amide bonds. The third-order valence-corrected chi connectivity index (χ3v) is 4.41. The van der Waals surface area contributed by atoms with Gasteiger partial charge in [-0.2, -0.15) is 0 Å². The average Bonchev–Trinajstić information content (AvgIpc) is 2.96. The van der Waals surface area contributed by atoms with Crippen molar-refractivity contribution in [1.82, 2.24) is 0 Å². The van der Waals surface area contributed by atoms with E-state index in [0.29, 0.717) is 4.90 Å². The largest absolute Gasteiger partial charge is 0.365 e. The topological polar surface area (TPSA) is 46.7 Å². The number of sulfone groups is 1. The van der Waals surface area contributed by atoms with E-state index in [1.165, 1.54) is 0 Å². The molecule has 2 rings (SSSR count). The lowest BCUT2D eigenvalue weighted by atomic mass is 10.1. The molecule has 0 aromatic heterocycles. The molecule has 0 saturated carbocycles. The summed E-state index contributed by atoms with van der Waals surface area (Å²) in [7, 11) is -3.07. The third kappa shape index (κ3) is 2.06. The smallest absolute Gasteiger partial charge is 0.178 e. The Morgan fingerprint density at radius 3 is 2.20 bits per heavy atom. The van der Waals surface area contributed by atoms with Crippen LogP contribution < -0.4 is 0 Å². The molecule has 1 saturated heterocycles. The van der Waals surface area contributed by atoms with Gasteiger partial charge in [0.2, 0.25) is 0 Å². The van der Waals surface area contributed by atoms with Gasteiger partial charge in [-0.05, 0) is 24.6 Å². The molecule has 0 aliphatic carbocycles. The Hall–Kier alpha value is -0.870. The van der Waals surface area contributed by atoms with Gasteiger partial charge in [0.25, 0.3) is 0 Å². The van der Waals surface area contributed by atoms with Crippen molar-refractivity contribution in [2.24, 2.45) is 0 Å². The fourth-order valence-electron chi connectivity index (χ4n) is 1.57. The molecule has 2 atom stereocenters. The summed E-state index contributed by atoms with van der Waals surface area (Å²) in [6, 6.07) is 6.97. The first-order valence-corrected chi connectivity index (χ1v) is 6.68. The molecule has 0 N–H and O–H groups in total. The highest BCUT2D eigenvalue weighted by Gasteiger charge is 2.35. The molecular formula is C11H14O3S. The summed E-state index contributed by atoms with van der Waals surface area (Å²) in [6.45, 7) is 3.65. The fraction of sp³-hybridized carbons (Fsp3) is 0.455. The van der Waals surface area contributed by atoms with E-state index in [1.54, 1.807) is 19.1 Å². The minimum absolute atomic E-state index is 0.142. The number of hydrogen-bond donors (Lipinski definition) is 0. The first-order valence-electron chi connectivity index (χ1n) is 5.03. The quantitative estimate of drug-likeness (QED) is 0.740. The van der Waals surface area contributed by atoms with Crippen LogP contribution in [-0.4, -0.2) is 20.3 Å². The average molecular weight is 226 g/mol. The zero-order chi connectivity index (χ0) is 11.1. The van der Waals surface area contributed by atoms with Gasteiger partial charge in [-0.1, -0.05) is 19.1 Å². The summed E-state index contributed by atoms with van der Waals surface area (Å²) >= 11 is 0. The standard InChI is InChI=1S/C11H14O3S/c1-3-15(12,13)10-6-4-9(5-7-10)11-8(2)14-11/h4-8,11H,3H2,1-2H3/t8-,11+/m1/s1. The first kappa shape index (κ1) is 10.6. The molecule has 1 aromatic carbocycles. The van der Waals surface area contributed by atoms with E-state index in [4.69, 9.17) is 4.74 Å². The van der Waals surface area contributed by atoms with Crippen molar-refractivity contribution in [3.8, 4) is 0 Å². The number of ether oxygens (including phenoxy) is 1. The zero-order valence-electron chi connectivity index (χ0n) is 8.80. The Balaban J connectivity index is 2.25. The van der Waals surface area contributed by atoms with Crippen LogP contribution in [0.25, 0.3) is 0 Å². The SMILES string of the molecule is CCS(=O)(=O)c1ccc([C@H]2O[C@@H]2C)cc1. The lowest BCUT2D eigenvalue weighted by Crippen LogP contribution is -2.03. The lowest BCUT2D eigenvalue weighted by molar-refractivity contribution is 0.383. The number of rotatable bonds is 3. The minimum atomic E-state index is -3.07. The maximum absolute atomic E-state index is 11.5. The van der Waals surface area contributed by atoms with Crippen LogP contribution in [0.3, 0.4) is 0 Å². The van der Waals surface area contributed by atoms with E-state index in [1.807, 2.05) is 19.1 Å². The highest BCUT2D eigenvalue weighted by atomic mass is 32.2. The van der Waals surface area contributed by atoms with E-state index in [9.17, 15) is 8.42 Å². The summed E-state index contributed by atoms with van der Waals surface area (Å²) in [4.78, 5) is 0.391. The number of benzene rings is 1. The molecule has 4 heteroatoms. The van der Waals surface area contributed by atoms with Gasteiger partial charge in [0.05, 0.1) is 16.8 Å². The van der Waals surface area contributed by atoms with Gasteiger partial charge in [-0.3, -0.25) is 0 Å². The molecule has 15 heavy (non-hydrogen) atoms. The van der Waals surface area contributed by atoms with Crippen molar-refractivity contribution in [2.45, 2.75) is 31.0 Å². The van der Waals surface area contributed by atoms with Gasteiger partial charge < -0.3 is 4.74 Å². The van der Waals surface area contributed by atoms with Gasteiger partial charge in [0.1, 0.15) is 6.10 Å². The predicted molar refractivity (Wildman–Crippen MR) is 57.5 cm³/mol. The van der Waals surface area contributed by atoms with Crippen LogP contribution in [0.2, 0.25) is 0 Å². The molecule has 1 aliphatic rings. The molecule has 0 bridgehead atoms. The van der Waals surface area contributed by atoms with Crippen LogP contribution >= 0.6 is 0 Å². The van der Waals surface area contributed by atoms with Crippen molar-refractivity contribution in [1.29, 1.82) is 0 Å². The Labute approximate surface area is 90.0 Å². The summed E-state index contributed by atoms with van der Waals surface area (Å²) < 4.78 is 28.4. The molecule has 0 unspecified atom stereocenters. The first-order chi connectivity index (χ1) is 7.04. The van der Waals surface area contributed by atoms with E-state index in [-0.39, 0.29) is 18.0 Å². The normalized spacial score (nSPS) is 25.2. The van der Waals surface area contributed by atoms with Crippen LogP contribution in [0, 0.1) is 0 Å². The van der Waals surface area contributed by atoms with Crippen molar-refractivity contribution >= 4 is 9.84 Å². The Bertz CT molecular complexity index is 447. The minimum Gasteiger partial charge on any atom is -0.365 e. The summed E-state index contributed by atoms with van der Waals surface area (Å²) in [5.74, 6) is 0.142. The number of epoxide rings is 1. The highest BCUT2D eigenvalue weighted by Crippen LogP contribution is 2.38. The van der Waals surface area contributed by atoms with Crippen LogP contribution in [0.1, 0.15) is 25.5 Å². The predicted octanol–water partition coefficient (Wildman–Crippen LogP) is 1.94. The third-order valence-electron chi connectivity index (χ3n) is 2.66. The van der Waals surface area contributed by atoms with Crippen LogP contribution in [0.5, 0.6) is 0 Å². The fourth-order valence-corrected chi connectivity index (χ4v) is 2.45. The molecular weight excluding hydrogens is 212 g/mol. The Morgan fingerprint density at radius 1 is 1.27 bits per heavy atom. The van der Waals surface area contributed by atoms with Crippen LogP contribution in [0.15, 0.2) is 29.2 Å². The lowest BCUT2D eigenvalue weighted by Gasteiger charge is -2.01. The molecule has 3 nitrogen and oxygen atoms in total. The van der Waals surface area contributed by atoms with E-state index < -0.39 is 9.84 Å². The van der Waals surface area contributed by atoms with Gasteiger partial charge in [-0.25, -0.2) is 8.42 Å². The van der Waals surface area contributed by atoms with Crippen molar-refractivity contribution < 1.29 is 13.2 Å². The van der Waals surface area contributed by atoms with E-state index in [0.717, 1.165) is 5.56 Å². The Kier molecular flexibility index (Phi) is 2.56. The second kappa shape index (κ2) is 3.61. The molecule has 82 valence electrons. The second-order valence-electron chi connectivity index (χ2n) is 3.73. The maximum atomic E-state index is 11.5. The van der Waals surface area contributed by atoms with Gasteiger partial charge in [0.15, 0.2) is 9.84 Å². The van der Waals surface area contributed by atoms with Crippen molar-refractivity contribution in [3.63, 3.8) is 0 Å². The van der Waals surface area contributed by atoms with E-state index in [2.05, 4.69) is 0 Å². The van der Waals surface area contributed by atoms with Crippen LogP contribution in [-0.2, 0) is 14.6 Å². The van der Waals surface area contributed by atoms with Gasteiger partial charge in [-0.15, -0.1) is 0 Å². The number of hydrogen-bond acceptors (Lipinski definition) is 3. The molecule has 0 spiro atoms. The summed E-state index contributed by atoms with van der Waals surface area (Å²) in [5.41, 5.74) is 1.05. The summed E-state index contributed by atoms with van der Waals surface area (Å²) in [5, 5.41) is 0. The molecule has 1 heterocycles. The Morgan fingerprint density at radius 2 is 1.80 bits per heavy atom. The van der Waals surface area contributed by atoms with Crippen molar-refractivity contribution in [2.75, 3.05) is 5.75 Å².